The van der Waals surface area contributed by atoms with Gasteiger partial charge in [-0.25, -0.2) is 8.42 Å². The molecule has 0 aromatic heterocycles. The molecule has 0 amide bonds. The quantitative estimate of drug-likeness (QED) is 0.844. The molecule has 2 N–H and O–H groups in total. The largest absolute Gasteiger partial charge is 0.372 e. The molecule has 6 heteroatoms. The van der Waals surface area contributed by atoms with E-state index in [0.29, 0.717) is 12.2 Å². The standard InChI is InChI=1S/C15H25N3O2S/c1-3-18(4-2)14-9-7-13(8-10-14)17-21(19,20)15-6-5-11-16-12-15/h7-10,15-17H,3-6,11-12H2,1-2H3. The Labute approximate surface area is 127 Å². The highest BCUT2D eigenvalue weighted by molar-refractivity contribution is 7.93. The number of hydrogen-bond acceptors (Lipinski definition) is 4. The second-order valence-corrected chi connectivity index (χ2v) is 7.30. The summed E-state index contributed by atoms with van der Waals surface area (Å²) in [6, 6.07) is 7.59. The molecule has 0 bridgehead atoms. The number of benzene rings is 1. The van der Waals surface area contributed by atoms with E-state index >= 15 is 0 Å². The van der Waals surface area contributed by atoms with Crippen molar-refractivity contribution in [2.75, 3.05) is 35.8 Å². The molecule has 1 unspecified atom stereocenters. The highest BCUT2D eigenvalue weighted by atomic mass is 32.2. The molecule has 0 aliphatic carbocycles. The molecule has 1 atom stereocenters. The van der Waals surface area contributed by atoms with Gasteiger partial charge in [0.05, 0.1) is 5.25 Å². The van der Waals surface area contributed by atoms with E-state index in [1.165, 1.54) is 0 Å². The van der Waals surface area contributed by atoms with Crippen molar-refractivity contribution in [2.24, 2.45) is 0 Å². The Morgan fingerprint density at radius 2 is 1.90 bits per heavy atom. The van der Waals surface area contributed by atoms with Crippen LogP contribution < -0.4 is 14.9 Å². The smallest absolute Gasteiger partial charge is 0.236 e. The molecule has 1 fully saturated rings. The van der Waals surface area contributed by atoms with Crippen LogP contribution in [-0.4, -0.2) is 39.8 Å². The average molecular weight is 311 g/mol. The average Bonchev–Trinajstić information content (AvgIpc) is 2.51. The normalized spacial score (nSPS) is 19.2. The van der Waals surface area contributed by atoms with E-state index in [0.717, 1.165) is 38.2 Å². The third kappa shape index (κ3) is 4.11. The van der Waals surface area contributed by atoms with Gasteiger partial charge in [0.15, 0.2) is 0 Å². The molecule has 2 rings (SSSR count). The lowest BCUT2D eigenvalue weighted by Gasteiger charge is -2.24. The third-order valence-corrected chi connectivity index (χ3v) is 5.75. The topological polar surface area (TPSA) is 61.4 Å². The first-order valence-electron chi connectivity index (χ1n) is 7.64. The van der Waals surface area contributed by atoms with Gasteiger partial charge in [0.1, 0.15) is 0 Å². The van der Waals surface area contributed by atoms with Crippen LogP contribution in [-0.2, 0) is 10.0 Å². The first-order valence-corrected chi connectivity index (χ1v) is 9.18. The summed E-state index contributed by atoms with van der Waals surface area (Å²) in [5, 5.41) is 2.80. The molecule has 0 spiro atoms. The van der Waals surface area contributed by atoms with Gasteiger partial charge in [-0.15, -0.1) is 0 Å². The van der Waals surface area contributed by atoms with Crippen LogP contribution in [0.2, 0.25) is 0 Å². The highest BCUT2D eigenvalue weighted by Crippen LogP contribution is 2.20. The lowest BCUT2D eigenvalue weighted by Crippen LogP contribution is -2.41. The summed E-state index contributed by atoms with van der Waals surface area (Å²) in [6.07, 6.45) is 1.63. The van der Waals surface area contributed by atoms with Gasteiger partial charge < -0.3 is 10.2 Å². The number of rotatable bonds is 6. The van der Waals surface area contributed by atoms with Crippen molar-refractivity contribution in [3.05, 3.63) is 24.3 Å². The Balaban J connectivity index is 2.05. The number of hydrogen-bond donors (Lipinski definition) is 2. The summed E-state index contributed by atoms with van der Waals surface area (Å²) >= 11 is 0. The Morgan fingerprint density at radius 1 is 1.24 bits per heavy atom. The van der Waals surface area contributed by atoms with E-state index in [2.05, 4.69) is 28.8 Å². The number of sulfonamides is 1. The molecule has 0 saturated carbocycles. The van der Waals surface area contributed by atoms with E-state index in [-0.39, 0.29) is 5.25 Å². The van der Waals surface area contributed by atoms with Crippen LogP contribution in [0.25, 0.3) is 0 Å². The van der Waals surface area contributed by atoms with Crippen molar-refractivity contribution >= 4 is 21.4 Å². The molecule has 1 aliphatic rings. The van der Waals surface area contributed by atoms with Crippen molar-refractivity contribution in [3.8, 4) is 0 Å². The van der Waals surface area contributed by atoms with Crippen molar-refractivity contribution < 1.29 is 8.42 Å². The lowest BCUT2D eigenvalue weighted by molar-refractivity contribution is 0.499. The summed E-state index contributed by atoms with van der Waals surface area (Å²) < 4.78 is 27.4. The molecule has 5 nitrogen and oxygen atoms in total. The number of nitrogens with zero attached hydrogens (tertiary/aromatic N) is 1. The predicted molar refractivity (Wildman–Crippen MR) is 88.4 cm³/mol. The van der Waals surface area contributed by atoms with Gasteiger partial charge in [0.2, 0.25) is 10.0 Å². The lowest BCUT2D eigenvalue weighted by atomic mass is 10.2. The molecule has 1 heterocycles. The van der Waals surface area contributed by atoms with E-state index < -0.39 is 10.0 Å². The minimum Gasteiger partial charge on any atom is -0.372 e. The Hall–Kier alpha value is -1.27. The molecule has 0 radical (unpaired) electrons. The van der Waals surface area contributed by atoms with Crippen LogP contribution in [0.4, 0.5) is 11.4 Å². The van der Waals surface area contributed by atoms with Gasteiger partial charge in [-0.1, -0.05) is 0 Å². The second kappa shape index (κ2) is 7.13. The molecule has 21 heavy (non-hydrogen) atoms. The SMILES string of the molecule is CCN(CC)c1ccc(NS(=O)(=O)C2CCCNC2)cc1. The first kappa shape index (κ1) is 16.1. The zero-order chi connectivity index (χ0) is 15.3. The van der Waals surface area contributed by atoms with Crippen LogP contribution in [0.1, 0.15) is 26.7 Å². The number of nitrogens with one attached hydrogen (secondary N) is 2. The maximum absolute atomic E-state index is 12.3. The number of anilines is 2. The van der Waals surface area contributed by atoms with E-state index in [9.17, 15) is 8.42 Å². The maximum atomic E-state index is 12.3. The van der Waals surface area contributed by atoms with E-state index in [4.69, 9.17) is 0 Å². The summed E-state index contributed by atoms with van der Waals surface area (Å²) in [5.41, 5.74) is 1.75. The zero-order valence-corrected chi connectivity index (χ0v) is 13.6. The summed E-state index contributed by atoms with van der Waals surface area (Å²) in [7, 11) is -3.31. The maximum Gasteiger partial charge on any atom is 0.236 e. The van der Waals surface area contributed by atoms with E-state index in [1.807, 2.05) is 24.3 Å². The predicted octanol–water partition coefficient (Wildman–Crippen LogP) is 2.03. The third-order valence-electron chi connectivity index (χ3n) is 3.95. The molecular formula is C15H25N3O2S. The highest BCUT2D eigenvalue weighted by Gasteiger charge is 2.27. The summed E-state index contributed by atoms with van der Waals surface area (Å²) in [4.78, 5) is 2.23. The first-order chi connectivity index (χ1) is 10.1. The van der Waals surface area contributed by atoms with Gasteiger partial charge in [0.25, 0.3) is 0 Å². The van der Waals surface area contributed by atoms with Gasteiger partial charge in [-0.05, 0) is 57.5 Å². The van der Waals surface area contributed by atoms with Gasteiger partial charge in [-0.2, -0.15) is 0 Å². The van der Waals surface area contributed by atoms with Crippen LogP contribution in [0.15, 0.2) is 24.3 Å². The van der Waals surface area contributed by atoms with Gasteiger partial charge in [0, 0.05) is 31.0 Å². The minimum absolute atomic E-state index is 0.339. The molecular weight excluding hydrogens is 286 g/mol. The monoisotopic (exact) mass is 311 g/mol. The van der Waals surface area contributed by atoms with Crippen LogP contribution in [0.3, 0.4) is 0 Å². The van der Waals surface area contributed by atoms with Gasteiger partial charge in [-0.3, -0.25) is 4.72 Å². The second-order valence-electron chi connectivity index (χ2n) is 5.33. The fraction of sp³-hybridized carbons (Fsp3) is 0.600. The Bertz CT molecular complexity index is 533. The summed E-state index contributed by atoms with van der Waals surface area (Å²) in [6.45, 7) is 7.54. The molecule has 1 aromatic carbocycles. The Kier molecular flexibility index (Phi) is 5.47. The fourth-order valence-electron chi connectivity index (χ4n) is 2.66. The van der Waals surface area contributed by atoms with Crippen LogP contribution >= 0.6 is 0 Å². The molecule has 1 saturated heterocycles. The zero-order valence-electron chi connectivity index (χ0n) is 12.8. The van der Waals surface area contributed by atoms with E-state index in [1.54, 1.807) is 0 Å². The van der Waals surface area contributed by atoms with Crippen molar-refractivity contribution in [3.63, 3.8) is 0 Å². The minimum atomic E-state index is -3.31. The van der Waals surface area contributed by atoms with Gasteiger partial charge >= 0.3 is 0 Å². The van der Waals surface area contributed by atoms with Crippen LogP contribution in [0.5, 0.6) is 0 Å². The Morgan fingerprint density at radius 3 is 2.43 bits per heavy atom. The van der Waals surface area contributed by atoms with Crippen molar-refractivity contribution in [1.82, 2.24) is 5.32 Å². The molecule has 1 aliphatic heterocycles. The molecule has 118 valence electrons. The fourth-order valence-corrected chi connectivity index (χ4v) is 4.11. The number of piperidine rings is 1. The molecule has 1 aromatic rings. The van der Waals surface area contributed by atoms with Crippen LogP contribution in [0, 0.1) is 0 Å². The van der Waals surface area contributed by atoms with Crippen molar-refractivity contribution in [2.45, 2.75) is 31.9 Å². The summed E-state index contributed by atoms with van der Waals surface area (Å²) in [5.74, 6) is 0. The van der Waals surface area contributed by atoms with Crippen molar-refractivity contribution in [1.29, 1.82) is 0 Å².